The number of ether oxygens (including phenoxy) is 2. The van der Waals surface area contributed by atoms with Crippen molar-refractivity contribution in [2.75, 3.05) is 13.2 Å². The normalized spacial score (nSPS) is 44.7. The van der Waals surface area contributed by atoms with Crippen molar-refractivity contribution in [3.8, 4) is 0 Å². The van der Waals surface area contributed by atoms with Gasteiger partial charge in [-0.15, -0.1) is 0 Å². The quantitative estimate of drug-likeness (QED) is 0.669. The lowest BCUT2D eigenvalue weighted by molar-refractivity contribution is 0.109. The first-order valence-corrected chi connectivity index (χ1v) is 7.28. The molecule has 6 unspecified atom stereocenters. The van der Waals surface area contributed by atoms with Crippen molar-refractivity contribution in [2.45, 2.75) is 25.7 Å². The van der Waals surface area contributed by atoms with Gasteiger partial charge in [-0.25, -0.2) is 0 Å². The standard InChI is InChI=1S/C16H24O2/c1-3-17-9-11-5-14-12-7-13(10-18-4-2)15(8-12)16(14)6-11/h3-4,11-16H,1-2,5-10H2. The number of fused-ring (bicyclic) bond motifs is 5. The van der Waals surface area contributed by atoms with E-state index < -0.39 is 0 Å². The second-order valence-corrected chi connectivity index (χ2v) is 6.32. The number of hydrogen-bond acceptors (Lipinski definition) is 2. The van der Waals surface area contributed by atoms with Crippen molar-refractivity contribution in [3.05, 3.63) is 25.7 Å². The van der Waals surface area contributed by atoms with Crippen molar-refractivity contribution in [2.24, 2.45) is 35.5 Å². The second kappa shape index (κ2) is 4.99. The first kappa shape index (κ1) is 12.1. The third kappa shape index (κ3) is 1.96. The zero-order chi connectivity index (χ0) is 12.5. The van der Waals surface area contributed by atoms with E-state index in [1.54, 1.807) is 12.5 Å². The molecule has 0 spiro atoms. The largest absolute Gasteiger partial charge is 0.502 e. The van der Waals surface area contributed by atoms with Crippen LogP contribution in [0.5, 0.6) is 0 Å². The van der Waals surface area contributed by atoms with Gasteiger partial charge in [0.2, 0.25) is 0 Å². The van der Waals surface area contributed by atoms with Gasteiger partial charge in [-0.05, 0) is 61.2 Å². The molecule has 2 heteroatoms. The van der Waals surface area contributed by atoms with Crippen LogP contribution in [0, 0.1) is 35.5 Å². The molecular weight excluding hydrogens is 224 g/mol. The lowest BCUT2D eigenvalue weighted by atomic mass is 9.76. The van der Waals surface area contributed by atoms with Crippen molar-refractivity contribution in [1.82, 2.24) is 0 Å². The van der Waals surface area contributed by atoms with Crippen LogP contribution < -0.4 is 0 Å². The van der Waals surface area contributed by atoms with Gasteiger partial charge < -0.3 is 9.47 Å². The minimum atomic E-state index is 0.766. The average Bonchev–Trinajstić information content (AvgIpc) is 3.03. The van der Waals surface area contributed by atoms with Crippen LogP contribution in [0.1, 0.15) is 25.7 Å². The zero-order valence-electron chi connectivity index (χ0n) is 11.1. The van der Waals surface area contributed by atoms with Gasteiger partial charge >= 0.3 is 0 Å². The lowest BCUT2D eigenvalue weighted by Gasteiger charge is -2.30. The first-order valence-electron chi connectivity index (χ1n) is 7.28. The fraction of sp³-hybridized carbons (Fsp3) is 0.750. The summed E-state index contributed by atoms with van der Waals surface area (Å²) in [5, 5.41) is 0. The molecule has 3 saturated carbocycles. The topological polar surface area (TPSA) is 18.5 Å². The molecule has 18 heavy (non-hydrogen) atoms. The number of rotatable bonds is 6. The van der Waals surface area contributed by atoms with Gasteiger partial charge in [-0.1, -0.05) is 13.2 Å². The van der Waals surface area contributed by atoms with Crippen LogP contribution in [-0.4, -0.2) is 13.2 Å². The van der Waals surface area contributed by atoms with Crippen molar-refractivity contribution in [1.29, 1.82) is 0 Å². The Morgan fingerprint density at radius 1 is 0.833 bits per heavy atom. The molecule has 2 bridgehead atoms. The maximum Gasteiger partial charge on any atom is 0.0903 e. The molecule has 0 aromatic carbocycles. The van der Waals surface area contributed by atoms with Crippen LogP contribution in [0.3, 0.4) is 0 Å². The van der Waals surface area contributed by atoms with Gasteiger partial charge in [0.15, 0.2) is 0 Å². The number of hydrogen-bond donors (Lipinski definition) is 0. The maximum atomic E-state index is 5.44. The Balaban J connectivity index is 1.58. The summed E-state index contributed by atoms with van der Waals surface area (Å²) in [6.07, 6.45) is 8.77. The molecule has 0 radical (unpaired) electrons. The maximum absolute atomic E-state index is 5.44. The highest BCUT2D eigenvalue weighted by Crippen LogP contribution is 2.62. The molecule has 3 rings (SSSR count). The molecule has 0 amide bonds. The Morgan fingerprint density at radius 2 is 1.56 bits per heavy atom. The molecule has 3 aliphatic carbocycles. The summed E-state index contributed by atoms with van der Waals surface area (Å²) >= 11 is 0. The molecular formula is C16H24O2. The monoisotopic (exact) mass is 248 g/mol. The van der Waals surface area contributed by atoms with Gasteiger partial charge in [0.1, 0.15) is 0 Å². The molecule has 100 valence electrons. The lowest BCUT2D eigenvalue weighted by Crippen LogP contribution is -2.26. The molecule has 3 aliphatic rings. The van der Waals surface area contributed by atoms with Crippen LogP contribution >= 0.6 is 0 Å². The van der Waals surface area contributed by atoms with Crippen molar-refractivity contribution < 1.29 is 9.47 Å². The molecule has 6 atom stereocenters. The highest BCUT2D eigenvalue weighted by Gasteiger charge is 2.55. The molecule has 0 heterocycles. The van der Waals surface area contributed by atoms with Crippen LogP contribution in [0.2, 0.25) is 0 Å². The minimum absolute atomic E-state index is 0.766. The Hall–Kier alpha value is -0.920. The average molecular weight is 248 g/mol. The molecule has 2 nitrogen and oxygen atoms in total. The predicted molar refractivity (Wildman–Crippen MR) is 71.7 cm³/mol. The van der Waals surface area contributed by atoms with Gasteiger partial charge in [0.25, 0.3) is 0 Å². The van der Waals surface area contributed by atoms with E-state index in [0.717, 1.165) is 48.7 Å². The van der Waals surface area contributed by atoms with Crippen LogP contribution in [0.15, 0.2) is 25.7 Å². The Morgan fingerprint density at radius 3 is 2.33 bits per heavy atom. The van der Waals surface area contributed by atoms with Gasteiger partial charge in [-0.3, -0.25) is 0 Å². The molecule has 3 fully saturated rings. The first-order chi connectivity index (χ1) is 8.83. The third-order valence-electron chi connectivity index (χ3n) is 5.58. The molecule has 0 saturated heterocycles. The summed E-state index contributed by atoms with van der Waals surface area (Å²) in [5.74, 6) is 5.35. The SMILES string of the molecule is C=COCC1CC2C3CC(COC=C)C(C3)C2C1. The molecule has 0 aromatic heterocycles. The van der Waals surface area contributed by atoms with Crippen LogP contribution in [0.4, 0.5) is 0 Å². The van der Waals surface area contributed by atoms with E-state index >= 15 is 0 Å². The van der Waals surface area contributed by atoms with Gasteiger partial charge in [0.05, 0.1) is 25.7 Å². The fourth-order valence-electron chi connectivity index (χ4n) is 5.05. The van der Waals surface area contributed by atoms with E-state index in [2.05, 4.69) is 13.2 Å². The van der Waals surface area contributed by atoms with Crippen LogP contribution in [0.25, 0.3) is 0 Å². The van der Waals surface area contributed by atoms with E-state index in [-0.39, 0.29) is 0 Å². The fourth-order valence-corrected chi connectivity index (χ4v) is 5.05. The van der Waals surface area contributed by atoms with E-state index in [0.29, 0.717) is 0 Å². The van der Waals surface area contributed by atoms with Crippen molar-refractivity contribution in [3.63, 3.8) is 0 Å². The third-order valence-corrected chi connectivity index (χ3v) is 5.58. The highest BCUT2D eigenvalue weighted by molar-refractivity contribution is 5.04. The Kier molecular flexibility index (Phi) is 3.36. The van der Waals surface area contributed by atoms with Gasteiger partial charge in [0, 0.05) is 0 Å². The van der Waals surface area contributed by atoms with Crippen molar-refractivity contribution >= 4 is 0 Å². The molecule has 0 aromatic rings. The van der Waals surface area contributed by atoms with Crippen LogP contribution in [-0.2, 0) is 9.47 Å². The minimum Gasteiger partial charge on any atom is -0.502 e. The summed E-state index contributed by atoms with van der Waals surface area (Å²) in [6.45, 7) is 9.05. The summed E-state index contributed by atoms with van der Waals surface area (Å²) in [7, 11) is 0. The summed E-state index contributed by atoms with van der Waals surface area (Å²) in [4.78, 5) is 0. The smallest absolute Gasteiger partial charge is 0.0903 e. The predicted octanol–water partition coefficient (Wildman–Crippen LogP) is 3.61. The van der Waals surface area contributed by atoms with E-state index in [1.807, 2.05) is 0 Å². The highest BCUT2D eigenvalue weighted by atomic mass is 16.5. The molecule has 0 aliphatic heterocycles. The van der Waals surface area contributed by atoms with Gasteiger partial charge in [-0.2, -0.15) is 0 Å². The Bertz CT molecular complexity index is 325. The van der Waals surface area contributed by atoms with E-state index in [1.165, 1.54) is 25.7 Å². The second-order valence-electron chi connectivity index (χ2n) is 6.32. The molecule has 0 N–H and O–H groups in total. The van der Waals surface area contributed by atoms with E-state index in [9.17, 15) is 0 Å². The zero-order valence-corrected chi connectivity index (χ0v) is 11.1. The summed E-state index contributed by atoms with van der Waals surface area (Å²) in [5.41, 5.74) is 0. The Labute approximate surface area is 110 Å². The summed E-state index contributed by atoms with van der Waals surface area (Å²) in [6, 6.07) is 0. The van der Waals surface area contributed by atoms with E-state index in [4.69, 9.17) is 9.47 Å². The summed E-state index contributed by atoms with van der Waals surface area (Å²) < 4.78 is 10.8.